The highest BCUT2D eigenvalue weighted by atomic mass is 16.7. The molecule has 1 unspecified atom stereocenters. The van der Waals surface area contributed by atoms with E-state index >= 15 is 0 Å². The summed E-state index contributed by atoms with van der Waals surface area (Å²) in [6, 6.07) is 9.41. The third-order valence-corrected chi connectivity index (χ3v) is 3.56. The van der Waals surface area contributed by atoms with Crippen LogP contribution in [0.2, 0.25) is 0 Å². The first-order chi connectivity index (χ1) is 9.79. The summed E-state index contributed by atoms with van der Waals surface area (Å²) in [4.78, 5) is 0. The quantitative estimate of drug-likeness (QED) is 0.824. The van der Waals surface area contributed by atoms with Crippen molar-refractivity contribution in [3.05, 3.63) is 35.9 Å². The standard InChI is InChI=1S/C14H18O6/c15-6-10-12(16)13(11-7-17-8-18-11)20-14(19-10)9-4-2-1-3-5-9/h1-5,10-16H,6-8H2/t10-,11+,12+,13+,14?/m0/s1. The van der Waals surface area contributed by atoms with Crippen molar-refractivity contribution in [2.24, 2.45) is 0 Å². The monoisotopic (exact) mass is 282 g/mol. The zero-order chi connectivity index (χ0) is 13.9. The van der Waals surface area contributed by atoms with Gasteiger partial charge in [-0.2, -0.15) is 0 Å². The Kier molecular flexibility index (Phi) is 4.30. The van der Waals surface area contributed by atoms with Crippen LogP contribution in [0.25, 0.3) is 0 Å². The zero-order valence-corrected chi connectivity index (χ0v) is 10.9. The Bertz CT molecular complexity index is 419. The van der Waals surface area contributed by atoms with Crippen LogP contribution in [-0.4, -0.2) is 54.6 Å². The zero-order valence-electron chi connectivity index (χ0n) is 10.9. The number of aliphatic hydroxyl groups excluding tert-OH is 2. The van der Waals surface area contributed by atoms with Gasteiger partial charge in [-0.05, 0) is 0 Å². The van der Waals surface area contributed by atoms with E-state index in [-0.39, 0.29) is 19.5 Å². The number of hydrogen-bond donors (Lipinski definition) is 2. The first-order valence-corrected chi connectivity index (χ1v) is 6.63. The van der Waals surface area contributed by atoms with Gasteiger partial charge < -0.3 is 29.2 Å². The topological polar surface area (TPSA) is 77.4 Å². The Morgan fingerprint density at radius 2 is 1.95 bits per heavy atom. The van der Waals surface area contributed by atoms with Crippen molar-refractivity contribution >= 4 is 0 Å². The van der Waals surface area contributed by atoms with E-state index in [9.17, 15) is 10.2 Å². The van der Waals surface area contributed by atoms with E-state index in [1.54, 1.807) is 0 Å². The minimum atomic E-state index is -0.952. The molecule has 2 heterocycles. The molecule has 0 aliphatic carbocycles. The fourth-order valence-corrected chi connectivity index (χ4v) is 2.47. The van der Waals surface area contributed by atoms with Crippen molar-refractivity contribution in [2.75, 3.05) is 20.0 Å². The molecule has 2 aliphatic rings. The van der Waals surface area contributed by atoms with Crippen LogP contribution in [0, 0.1) is 0 Å². The van der Waals surface area contributed by atoms with Gasteiger partial charge in [0.05, 0.1) is 13.2 Å². The van der Waals surface area contributed by atoms with Gasteiger partial charge in [-0.25, -0.2) is 0 Å². The summed E-state index contributed by atoms with van der Waals surface area (Å²) >= 11 is 0. The minimum Gasteiger partial charge on any atom is -0.394 e. The molecular formula is C14H18O6. The summed E-state index contributed by atoms with van der Waals surface area (Å²) in [6.45, 7) is 0.275. The van der Waals surface area contributed by atoms with Crippen molar-refractivity contribution in [1.82, 2.24) is 0 Å². The largest absolute Gasteiger partial charge is 0.394 e. The maximum atomic E-state index is 10.2. The summed E-state index contributed by atoms with van der Waals surface area (Å²) in [5.74, 6) is 0. The van der Waals surface area contributed by atoms with E-state index < -0.39 is 24.6 Å². The molecule has 2 saturated heterocycles. The Morgan fingerprint density at radius 1 is 1.15 bits per heavy atom. The molecule has 1 aromatic carbocycles. The van der Waals surface area contributed by atoms with Gasteiger partial charge >= 0.3 is 0 Å². The smallest absolute Gasteiger partial charge is 0.184 e. The first-order valence-electron chi connectivity index (χ1n) is 6.63. The molecule has 3 rings (SSSR count). The fourth-order valence-electron chi connectivity index (χ4n) is 2.47. The maximum Gasteiger partial charge on any atom is 0.184 e. The molecule has 0 aromatic heterocycles. The van der Waals surface area contributed by atoms with Gasteiger partial charge in [-0.1, -0.05) is 30.3 Å². The third kappa shape index (κ3) is 2.71. The van der Waals surface area contributed by atoms with Crippen LogP contribution in [0.1, 0.15) is 11.9 Å². The number of rotatable bonds is 3. The average molecular weight is 282 g/mol. The summed E-state index contributed by atoms with van der Waals surface area (Å²) in [6.07, 6.45) is -3.23. The SMILES string of the molecule is OC[C@@H]1OC(c2ccccc2)O[C@H]([C@H]2COCO2)[C@@H]1O. The molecular weight excluding hydrogens is 264 g/mol. The highest BCUT2D eigenvalue weighted by molar-refractivity contribution is 5.16. The van der Waals surface area contributed by atoms with Gasteiger partial charge in [0, 0.05) is 5.56 Å². The Labute approximate surface area is 116 Å². The second-order valence-electron chi connectivity index (χ2n) is 4.88. The van der Waals surface area contributed by atoms with Gasteiger partial charge in [0.25, 0.3) is 0 Å². The molecule has 0 radical (unpaired) electrons. The molecule has 2 aliphatic heterocycles. The lowest BCUT2D eigenvalue weighted by Crippen LogP contribution is -2.54. The molecule has 1 aromatic rings. The minimum absolute atomic E-state index is 0.192. The van der Waals surface area contributed by atoms with E-state index in [1.165, 1.54) is 0 Å². The number of hydrogen-bond acceptors (Lipinski definition) is 6. The molecule has 2 fully saturated rings. The van der Waals surface area contributed by atoms with Crippen molar-refractivity contribution < 1.29 is 29.2 Å². The van der Waals surface area contributed by atoms with E-state index in [0.29, 0.717) is 6.61 Å². The maximum absolute atomic E-state index is 10.2. The van der Waals surface area contributed by atoms with Crippen LogP contribution in [-0.2, 0) is 18.9 Å². The van der Waals surface area contributed by atoms with E-state index in [1.807, 2.05) is 30.3 Å². The van der Waals surface area contributed by atoms with Gasteiger partial charge in [-0.15, -0.1) is 0 Å². The molecule has 6 heteroatoms. The number of benzene rings is 1. The molecule has 20 heavy (non-hydrogen) atoms. The summed E-state index contributed by atoms with van der Waals surface area (Å²) in [5.41, 5.74) is 0.835. The molecule has 2 N–H and O–H groups in total. The molecule has 5 atom stereocenters. The van der Waals surface area contributed by atoms with Crippen molar-refractivity contribution in [1.29, 1.82) is 0 Å². The summed E-state index contributed by atoms with van der Waals surface area (Å²) < 4.78 is 22.0. The first kappa shape index (κ1) is 13.9. The second-order valence-corrected chi connectivity index (χ2v) is 4.88. The van der Waals surface area contributed by atoms with Crippen LogP contribution < -0.4 is 0 Å². The molecule has 110 valence electrons. The van der Waals surface area contributed by atoms with Gasteiger partial charge in [0.1, 0.15) is 31.2 Å². The van der Waals surface area contributed by atoms with E-state index in [2.05, 4.69) is 0 Å². The lowest BCUT2D eigenvalue weighted by atomic mass is 10.0. The highest BCUT2D eigenvalue weighted by Gasteiger charge is 2.44. The molecule has 0 bridgehead atoms. The molecule has 6 nitrogen and oxygen atoms in total. The van der Waals surface area contributed by atoms with Crippen molar-refractivity contribution in [3.8, 4) is 0 Å². The third-order valence-electron chi connectivity index (χ3n) is 3.56. The van der Waals surface area contributed by atoms with Crippen LogP contribution in [0.4, 0.5) is 0 Å². The Morgan fingerprint density at radius 3 is 2.60 bits per heavy atom. The van der Waals surface area contributed by atoms with Crippen LogP contribution in [0.15, 0.2) is 30.3 Å². The van der Waals surface area contributed by atoms with E-state index in [4.69, 9.17) is 18.9 Å². The average Bonchev–Trinajstić information content (AvgIpc) is 3.02. The van der Waals surface area contributed by atoms with Gasteiger partial charge in [-0.3, -0.25) is 0 Å². The summed E-state index contributed by atoms with van der Waals surface area (Å²) in [5, 5.41) is 19.6. The van der Waals surface area contributed by atoms with Gasteiger partial charge in [0.15, 0.2) is 6.29 Å². The van der Waals surface area contributed by atoms with E-state index in [0.717, 1.165) is 5.56 Å². The molecule has 0 amide bonds. The number of aliphatic hydroxyl groups is 2. The lowest BCUT2D eigenvalue weighted by Gasteiger charge is -2.40. The van der Waals surface area contributed by atoms with Crippen LogP contribution in [0.3, 0.4) is 0 Å². The molecule has 0 saturated carbocycles. The fraction of sp³-hybridized carbons (Fsp3) is 0.571. The lowest BCUT2D eigenvalue weighted by molar-refractivity contribution is -0.308. The highest BCUT2D eigenvalue weighted by Crippen LogP contribution is 2.32. The predicted octanol–water partition coefficient (Wildman–Crippen LogP) is 0.195. The Balaban J connectivity index is 1.79. The van der Waals surface area contributed by atoms with Crippen LogP contribution >= 0.6 is 0 Å². The van der Waals surface area contributed by atoms with Crippen molar-refractivity contribution in [2.45, 2.75) is 30.7 Å². The van der Waals surface area contributed by atoms with Gasteiger partial charge in [0.2, 0.25) is 0 Å². The summed E-state index contributed by atoms with van der Waals surface area (Å²) in [7, 11) is 0. The predicted molar refractivity (Wildman–Crippen MR) is 67.7 cm³/mol. The second kappa shape index (κ2) is 6.17. The van der Waals surface area contributed by atoms with Crippen molar-refractivity contribution in [3.63, 3.8) is 0 Å². The molecule has 0 spiro atoms. The normalized spacial score (nSPS) is 38.0. The number of ether oxygens (including phenoxy) is 4. The Hall–Kier alpha value is -1.02. The van der Waals surface area contributed by atoms with Crippen LogP contribution in [0.5, 0.6) is 0 Å².